The van der Waals surface area contributed by atoms with Gasteiger partial charge in [0.15, 0.2) is 0 Å². The first-order chi connectivity index (χ1) is 10.2. The van der Waals surface area contributed by atoms with E-state index < -0.39 is 0 Å². The third-order valence-corrected chi connectivity index (χ3v) is 3.22. The van der Waals surface area contributed by atoms with Crippen molar-refractivity contribution in [3.63, 3.8) is 0 Å². The number of nitrogens with one attached hydrogen (secondary N) is 1. The van der Waals surface area contributed by atoms with Gasteiger partial charge >= 0.3 is 0 Å². The van der Waals surface area contributed by atoms with E-state index in [2.05, 4.69) is 10.3 Å². The van der Waals surface area contributed by atoms with E-state index in [4.69, 9.17) is 0 Å². The molecule has 0 saturated carbocycles. The Balaban J connectivity index is 1.73. The Morgan fingerprint density at radius 1 is 1.10 bits per heavy atom. The lowest BCUT2D eigenvalue weighted by molar-refractivity contribution is 0.0950. The van der Waals surface area contributed by atoms with Crippen molar-refractivity contribution >= 4 is 16.8 Å². The van der Waals surface area contributed by atoms with E-state index >= 15 is 0 Å². The summed E-state index contributed by atoms with van der Waals surface area (Å²) in [7, 11) is 0. The highest BCUT2D eigenvalue weighted by molar-refractivity contribution is 5.97. The predicted octanol–water partition coefficient (Wildman–Crippen LogP) is 3.30. The van der Waals surface area contributed by atoms with Gasteiger partial charge in [-0.05, 0) is 29.8 Å². The number of carbonyl (C=O) groups excluding carboxylic acids is 1. The summed E-state index contributed by atoms with van der Waals surface area (Å²) in [4.78, 5) is 16.4. The third kappa shape index (κ3) is 3.05. The molecule has 3 rings (SSSR count). The highest BCUT2D eigenvalue weighted by atomic mass is 19.1. The van der Waals surface area contributed by atoms with Crippen LogP contribution in [0.4, 0.5) is 4.39 Å². The fraction of sp³-hybridized carbons (Fsp3) is 0.0588. The van der Waals surface area contributed by atoms with Gasteiger partial charge in [-0.1, -0.05) is 30.3 Å². The standard InChI is InChI=1S/C17H13FN2O/c18-15-7-5-12(6-8-15)10-20-17(21)14-9-13-3-1-2-4-16(13)19-11-14/h1-9,11H,10H2,(H,20,21). The molecule has 3 nitrogen and oxygen atoms in total. The minimum absolute atomic E-state index is 0.197. The minimum atomic E-state index is -0.288. The first-order valence-electron chi connectivity index (χ1n) is 6.60. The summed E-state index contributed by atoms with van der Waals surface area (Å²) in [6, 6.07) is 15.5. The molecule has 0 saturated heterocycles. The molecule has 0 aliphatic rings. The Morgan fingerprint density at radius 2 is 1.86 bits per heavy atom. The van der Waals surface area contributed by atoms with E-state index in [-0.39, 0.29) is 11.7 Å². The van der Waals surface area contributed by atoms with Crippen molar-refractivity contribution in [1.82, 2.24) is 10.3 Å². The zero-order valence-corrected chi connectivity index (χ0v) is 11.2. The quantitative estimate of drug-likeness (QED) is 0.799. The molecule has 1 N–H and O–H groups in total. The van der Waals surface area contributed by atoms with E-state index in [1.54, 1.807) is 18.3 Å². The van der Waals surface area contributed by atoms with Crippen molar-refractivity contribution in [2.45, 2.75) is 6.54 Å². The van der Waals surface area contributed by atoms with Crippen molar-refractivity contribution in [1.29, 1.82) is 0 Å². The monoisotopic (exact) mass is 280 g/mol. The van der Waals surface area contributed by atoms with Gasteiger partial charge in [0.1, 0.15) is 5.82 Å². The predicted molar refractivity (Wildman–Crippen MR) is 79.3 cm³/mol. The number of hydrogen-bond donors (Lipinski definition) is 1. The van der Waals surface area contributed by atoms with Crippen LogP contribution in [-0.2, 0) is 6.54 Å². The normalized spacial score (nSPS) is 10.5. The Bertz CT molecular complexity index is 784. The van der Waals surface area contributed by atoms with Crippen LogP contribution in [0.2, 0.25) is 0 Å². The highest BCUT2D eigenvalue weighted by Gasteiger charge is 2.07. The Morgan fingerprint density at radius 3 is 2.67 bits per heavy atom. The summed E-state index contributed by atoms with van der Waals surface area (Å²) in [5.74, 6) is -0.485. The molecule has 0 bridgehead atoms. The van der Waals surface area contributed by atoms with Crippen molar-refractivity contribution in [2.24, 2.45) is 0 Å². The van der Waals surface area contributed by atoms with Crippen molar-refractivity contribution in [3.8, 4) is 0 Å². The maximum absolute atomic E-state index is 12.8. The lowest BCUT2D eigenvalue weighted by Crippen LogP contribution is -2.22. The SMILES string of the molecule is O=C(NCc1ccc(F)cc1)c1cnc2ccccc2c1. The zero-order valence-electron chi connectivity index (χ0n) is 11.2. The van der Waals surface area contributed by atoms with Gasteiger partial charge in [0.25, 0.3) is 5.91 Å². The number of halogens is 1. The largest absolute Gasteiger partial charge is 0.348 e. The summed E-state index contributed by atoms with van der Waals surface area (Å²) in [5, 5.41) is 3.72. The summed E-state index contributed by atoms with van der Waals surface area (Å²) < 4.78 is 12.8. The van der Waals surface area contributed by atoms with Gasteiger partial charge < -0.3 is 5.32 Å². The van der Waals surface area contributed by atoms with E-state index in [9.17, 15) is 9.18 Å². The number of nitrogens with zero attached hydrogens (tertiary/aromatic N) is 1. The molecular weight excluding hydrogens is 267 g/mol. The molecule has 0 atom stereocenters. The third-order valence-electron chi connectivity index (χ3n) is 3.22. The number of fused-ring (bicyclic) bond motifs is 1. The van der Waals surface area contributed by atoms with Crippen LogP contribution in [0.15, 0.2) is 60.8 Å². The number of aromatic nitrogens is 1. The number of rotatable bonds is 3. The molecular formula is C17H13FN2O. The lowest BCUT2D eigenvalue weighted by atomic mass is 10.1. The molecule has 4 heteroatoms. The van der Waals surface area contributed by atoms with Crippen LogP contribution in [0, 0.1) is 5.82 Å². The van der Waals surface area contributed by atoms with Gasteiger partial charge in [-0.15, -0.1) is 0 Å². The van der Waals surface area contributed by atoms with Crippen LogP contribution in [0.3, 0.4) is 0 Å². The van der Waals surface area contributed by atoms with Crippen molar-refractivity contribution in [3.05, 3.63) is 77.7 Å². The Kier molecular flexibility index (Phi) is 3.60. The van der Waals surface area contributed by atoms with Gasteiger partial charge in [-0.25, -0.2) is 4.39 Å². The van der Waals surface area contributed by atoms with Crippen LogP contribution in [0.1, 0.15) is 15.9 Å². The summed E-state index contributed by atoms with van der Waals surface area (Å²) in [5.41, 5.74) is 2.21. The fourth-order valence-corrected chi connectivity index (χ4v) is 2.08. The molecule has 2 aromatic carbocycles. The second kappa shape index (κ2) is 5.71. The van der Waals surface area contributed by atoms with Gasteiger partial charge in [0.2, 0.25) is 0 Å². The van der Waals surface area contributed by atoms with Crippen molar-refractivity contribution < 1.29 is 9.18 Å². The number of hydrogen-bond acceptors (Lipinski definition) is 2. The molecule has 104 valence electrons. The number of amides is 1. The maximum Gasteiger partial charge on any atom is 0.253 e. The van der Waals surface area contributed by atoms with E-state index in [0.717, 1.165) is 16.5 Å². The molecule has 0 spiro atoms. The smallest absolute Gasteiger partial charge is 0.253 e. The summed E-state index contributed by atoms with van der Waals surface area (Å²) >= 11 is 0. The molecule has 0 fully saturated rings. The van der Waals surface area contributed by atoms with Gasteiger partial charge in [0, 0.05) is 18.1 Å². The van der Waals surface area contributed by atoms with Crippen molar-refractivity contribution in [2.75, 3.05) is 0 Å². The molecule has 1 amide bonds. The number of benzene rings is 2. The van der Waals surface area contributed by atoms with E-state index in [1.165, 1.54) is 12.1 Å². The molecule has 1 aromatic heterocycles. The first-order valence-corrected chi connectivity index (χ1v) is 6.60. The molecule has 0 unspecified atom stereocenters. The van der Waals surface area contributed by atoms with Gasteiger partial charge in [-0.2, -0.15) is 0 Å². The summed E-state index contributed by atoms with van der Waals surface area (Å²) in [6.07, 6.45) is 1.56. The average molecular weight is 280 g/mol. The minimum Gasteiger partial charge on any atom is -0.348 e. The van der Waals surface area contributed by atoms with E-state index in [1.807, 2.05) is 30.3 Å². The van der Waals surface area contributed by atoms with Crippen LogP contribution >= 0.6 is 0 Å². The van der Waals surface area contributed by atoms with Crippen LogP contribution in [-0.4, -0.2) is 10.9 Å². The highest BCUT2D eigenvalue weighted by Crippen LogP contribution is 2.12. The second-order valence-electron chi connectivity index (χ2n) is 4.73. The Hall–Kier alpha value is -2.75. The number of carbonyl (C=O) groups is 1. The molecule has 0 aliphatic carbocycles. The number of pyridine rings is 1. The van der Waals surface area contributed by atoms with Crippen LogP contribution < -0.4 is 5.32 Å². The fourth-order valence-electron chi connectivity index (χ4n) is 2.08. The topological polar surface area (TPSA) is 42.0 Å². The second-order valence-corrected chi connectivity index (χ2v) is 4.73. The maximum atomic E-state index is 12.8. The van der Waals surface area contributed by atoms with Gasteiger partial charge in [-0.3, -0.25) is 9.78 Å². The molecule has 3 aromatic rings. The lowest BCUT2D eigenvalue weighted by Gasteiger charge is -2.06. The van der Waals surface area contributed by atoms with E-state index in [0.29, 0.717) is 12.1 Å². The summed E-state index contributed by atoms with van der Waals surface area (Å²) in [6.45, 7) is 0.353. The van der Waals surface area contributed by atoms with Crippen LogP contribution in [0.5, 0.6) is 0 Å². The molecule has 0 radical (unpaired) electrons. The van der Waals surface area contributed by atoms with Gasteiger partial charge in [0.05, 0.1) is 11.1 Å². The zero-order chi connectivity index (χ0) is 14.7. The molecule has 1 heterocycles. The Labute approximate surface area is 121 Å². The van der Waals surface area contributed by atoms with Crippen LogP contribution in [0.25, 0.3) is 10.9 Å². The first kappa shape index (κ1) is 13.2. The number of para-hydroxylation sites is 1. The molecule has 21 heavy (non-hydrogen) atoms. The average Bonchev–Trinajstić information content (AvgIpc) is 2.53. The molecule has 0 aliphatic heterocycles.